The molecule has 1 N–H and O–H groups in total. The molecule has 1 aliphatic heterocycles. The summed E-state index contributed by atoms with van der Waals surface area (Å²) in [5, 5.41) is 2.77. The molecule has 1 saturated heterocycles. The Labute approximate surface area is 129 Å². The highest BCUT2D eigenvalue weighted by Gasteiger charge is 2.24. The standard InChI is InChI=1S/C14H20N4O4/c1-3-22-14(20)18-8-6-17(7-9-18)13(19)16-11-4-5-12(21-2)15-10-11/h4-5,10H,3,6-9H2,1-2H3,(H,16,19). The fourth-order valence-corrected chi connectivity index (χ4v) is 2.08. The number of carbonyl (C=O) groups is 2. The minimum Gasteiger partial charge on any atom is -0.481 e. The molecule has 3 amide bonds. The van der Waals surface area contributed by atoms with Crippen molar-refractivity contribution in [1.82, 2.24) is 14.8 Å². The number of hydrogen-bond acceptors (Lipinski definition) is 5. The summed E-state index contributed by atoms with van der Waals surface area (Å²) in [7, 11) is 1.53. The predicted molar refractivity (Wildman–Crippen MR) is 80.0 cm³/mol. The molecule has 1 aromatic rings. The Hall–Kier alpha value is -2.51. The van der Waals surface area contributed by atoms with E-state index in [9.17, 15) is 9.59 Å². The van der Waals surface area contributed by atoms with E-state index < -0.39 is 0 Å². The highest BCUT2D eigenvalue weighted by Crippen LogP contribution is 2.12. The molecule has 0 unspecified atom stereocenters. The van der Waals surface area contributed by atoms with E-state index in [0.717, 1.165) is 0 Å². The van der Waals surface area contributed by atoms with Crippen molar-refractivity contribution in [2.75, 3.05) is 45.2 Å². The van der Waals surface area contributed by atoms with E-state index in [0.29, 0.717) is 44.4 Å². The van der Waals surface area contributed by atoms with Crippen LogP contribution in [0.15, 0.2) is 18.3 Å². The van der Waals surface area contributed by atoms with Gasteiger partial charge in [0, 0.05) is 32.2 Å². The first-order chi connectivity index (χ1) is 10.6. The van der Waals surface area contributed by atoms with Gasteiger partial charge < -0.3 is 24.6 Å². The molecule has 2 heterocycles. The van der Waals surface area contributed by atoms with Crippen LogP contribution < -0.4 is 10.1 Å². The van der Waals surface area contributed by atoms with E-state index in [1.165, 1.54) is 13.3 Å². The monoisotopic (exact) mass is 308 g/mol. The van der Waals surface area contributed by atoms with Gasteiger partial charge in [0.25, 0.3) is 0 Å². The van der Waals surface area contributed by atoms with Gasteiger partial charge in [0.1, 0.15) is 0 Å². The molecule has 8 nitrogen and oxygen atoms in total. The number of piperazine rings is 1. The number of carbonyl (C=O) groups excluding carboxylic acids is 2. The molecule has 1 aliphatic rings. The molecule has 2 rings (SSSR count). The zero-order valence-corrected chi connectivity index (χ0v) is 12.7. The average molecular weight is 308 g/mol. The van der Waals surface area contributed by atoms with Gasteiger partial charge in [-0.15, -0.1) is 0 Å². The van der Waals surface area contributed by atoms with Gasteiger partial charge in [-0.25, -0.2) is 14.6 Å². The lowest BCUT2D eigenvalue weighted by Crippen LogP contribution is -2.51. The molecule has 0 atom stereocenters. The van der Waals surface area contributed by atoms with Crippen LogP contribution in [0.1, 0.15) is 6.92 Å². The molecule has 8 heteroatoms. The number of aromatic nitrogens is 1. The Morgan fingerprint density at radius 2 is 1.91 bits per heavy atom. The zero-order valence-electron chi connectivity index (χ0n) is 12.7. The number of methoxy groups -OCH3 is 1. The van der Waals surface area contributed by atoms with Crippen LogP contribution in [0, 0.1) is 0 Å². The van der Waals surface area contributed by atoms with Gasteiger partial charge in [0.05, 0.1) is 25.6 Å². The lowest BCUT2D eigenvalue weighted by atomic mass is 10.3. The molecule has 0 bridgehead atoms. The minimum atomic E-state index is -0.332. The third kappa shape index (κ3) is 4.00. The van der Waals surface area contributed by atoms with Crippen molar-refractivity contribution in [3.05, 3.63) is 18.3 Å². The Morgan fingerprint density at radius 3 is 2.45 bits per heavy atom. The van der Waals surface area contributed by atoms with Gasteiger partial charge in [-0.1, -0.05) is 0 Å². The van der Waals surface area contributed by atoms with Crippen molar-refractivity contribution in [1.29, 1.82) is 0 Å². The van der Waals surface area contributed by atoms with Crippen LogP contribution in [0.2, 0.25) is 0 Å². The van der Waals surface area contributed by atoms with E-state index in [-0.39, 0.29) is 12.1 Å². The number of anilines is 1. The van der Waals surface area contributed by atoms with Gasteiger partial charge in [-0.2, -0.15) is 0 Å². The molecule has 120 valence electrons. The van der Waals surface area contributed by atoms with Crippen LogP contribution in [0.25, 0.3) is 0 Å². The molecular formula is C14H20N4O4. The van der Waals surface area contributed by atoms with Crippen molar-refractivity contribution in [2.24, 2.45) is 0 Å². The first-order valence-electron chi connectivity index (χ1n) is 7.11. The van der Waals surface area contributed by atoms with E-state index in [2.05, 4.69) is 10.3 Å². The normalized spacial score (nSPS) is 14.5. The summed E-state index contributed by atoms with van der Waals surface area (Å²) in [5.74, 6) is 0.487. The van der Waals surface area contributed by atoms with E-state index in [1.807, 2.05) is 0 Å². The molecular weight excluding hydrogens is 288 g/mol. The number of urea groups is 1. The first-order valence-corrected chi connectivity index (χ1v) is 7.11. The lowest BCUT2D eigenvalue weighted by Gasteiger charge is -2.33. The van der Waals surface area contributed by atoms with Crippen molar-refractivity contribution in [2.45, 2.75) is 6.92 Å². The van der Waals surface area contributed by atoms with Crippen molar-refractivity contribution >= 4 is 17.8 Å². The summed E-state index contributed by atoms with van der Waals surface area (Å²) in [6.45, 7) is 3.98. The van der Waals surface area contributed by atoms with Gasteiger partial charge in [-0.3, -0.25) is 0 Å². The second-order valence-electron chi connectivity index (χ2n) is 4.69. The van der Waals surface area contributed by atoms with Crippen LogP contribution in [0.3, 0.4) is 0 Å². The Morgan fingerprint density at radius 1 is 1.23 bits per heavy atom. The summed E-state index contributed by atoms with van der Waals surface area (Å²) < 4.78 is 9.90. The maximum absolute atomic E-state index is 12.1. The topological polar surface area (TPSA) is 84.0 Å². The summed E-state index contributed by atoms with van der Waals surface area (Å²) in [6.07, 6.45) is 1.20. The van der Waals surface area contributed by atoms with E-state index >= 15 is 0 Å². The van der Waals surface area contributed by atoms with Gasteiger partial charge in [0.2, 0.25) is 5.88 Å². The van der Waals surface area contributed by atoms with E-state index in [1.54, 1.807) is 28.9 Å². The minimum absolute atomic E-state index is 0.213. The molecule has 0 aromatic carbocycles. The SMILES string of the molecule is CCOC(=O)N1CCN(C(=O)Nc2ccc(OC)nc2)CC1. The Balaban J connectivity index is 1.83. The molecule has 22 heavy (non-hydrogen) atoms. The third-order valence-corrected chi connectivity index (χ3v) is 3.29. The van der Waals surface area contributed by atoms with Crippen LogP contribution in [0.5, 0.6) is 5.88 Å². The van der Waals surface area contributed by atoms with Crippen LogP contribution in [-0.4, -0.2) is 66.8 Å². The highest BCUT2D eigenvalue weighted by atomic mass is 16.6. The molecule has 1 fully saturated rings. The second kappa shape index (κ2) is 7.48. The first kappa shape index (κ1) is 15.9. The number of hydrogen-bond donors (Lipinski definition) is 1. The summed E-state index contributed by atoms with van der Waals surface area (Å²) in [6, 6.07) is 3.18. The van der Waals surface area contributed by atoms with Crippen LogP contribution >= 0.6 is 0 Å². The van der Waals surface area contributed by atoms with Crippen LogP contribution in [0.4, 0.5) is 15.3 Å². The molecule has 0 radical (unpaired) electrons. The predicted octanol–water partition coefficient (Wildman–Crippen LogP) is 1.40. The number of ether oxygens (including phenoxy) is 2. The lowest BCUT2D eigenvalue weighted by molar-refractivity contribution is 0.0868. The quantitative estimate of drug-likeness (QED) is 0.912. The van der Waals surface area contributed by atoms with Gasteiger partial charge in [0.15, 0.2) is 0 Å². The number of nitrogens with zero attached hydrogens (tertiary/aromatic N) is 3. The molecule has 0 aliphatic carbocycles. The fraction of sp³-hybridized carbons (Fsp3) is 0.500. The number of nitrogens with one attached hydrogen (secondary N) is 1. The zero-order chi connectivity index (χ0) is 15.9. The number of pyridine rings is 1. The van der Waals surface area contributed by atoms with E-state index in [4.69, 9.17) is 9.47 Å². The largest absolute Gasteiger partial charge is 0.481 e. The maximum Gasteiger partial charge on any atom is 0.409 e. The van der Waals surface area contributed by atoms with Gasteiger partial charge in [-0.05, 0) is 13.0 Å². The average Bonchev–Trinajstić information content (AvgIpc) is 2.56. The van der Waals surface area contributed by atoms with Gasteiger partial charge >= 0.3 is 12.1 Å². The molecule has 1 aromatic heterocycles. The third-order valence-electron chi connectivity index (χ3n) is 3.29. The second-order valence-corrected chi connectivity index (χ2v) is 4.69. The Bertz CT molecular complexity index is 512. The number of amides is 3. The smallest absolute Gasteiger partial charge is 0.409 e. The maximum atomic E-state index is 12.1. The van der Waals surface area contributed by atoms with Crippen molar-refractivity contribution < 1.29 is 19.1 Å². The van der Waals surface area contributed by atoms with Crippen molar-refractivity contribution in [3.8, 4) is 5.88 Å². The Kier molecular flexibility index (Phi) is 5.40. The van der Waals surface area contributed by atoms with Crippen LogP contribution in [-0.2, 0) is 4.74 Å². The summed E-state index contributed by atoms with van der Waals surface area (Å²) in [4.78, 5) is 31.0. The summed E-state index contributed by atoms with van der Waals surface area (Å²) >= 11 is 0. The van der Waals surface area contributed by atoms with Crippen molar-refractivity contribution in [3.63, 3.8) is 0 Å². The molecule has 0 spiro atoms. The highest BCUT2D eigenvalue weighted by molar-refractivity contribution is 5.89. The molecule has 0 saturated carbocycles. The number of rotatable bonds is 3. The summed E-state index contributed by atoms with van der Waals surface area (Å²) in [5.41, 5.74) is 0.596. The fourth-order valence-electron chi connectivity index (χ4n) is 2.08.